The zero-order chi connectivity index (χ0) is 12.3. The summed E-state index contributed by atoms with van der Waals surface area (Å²) in [7, 11) is 1.58. The molecule has 1 aromatic carbocycles. The summed E-state index contributed by atoms with van der Waals surface area (Å²) in [6.45, 7) is 0. The van der Waals surface area contributed by atoms with Crippen molar-refractivity contribution in [3.05, 3.63) is 30.0 Å². The fourth-order valence-corrected chi connectivity index (χ4v) is 1.80. The summed E-state index contributed by atoms with van der Waals surface area (Å²) in [6, 6.07) is 7.11. The van der Waals surface area contributed by atoms with Gasteiger partial charge in [0.15, 0.2) is 0 Å². The van der Waals surface area contributed by atoms with E-state index in [2.05, 4.69) is 14.9 Å². The lowest BCUT2D eigenvalue weighted by atomic mass is 10.3. The number of benzene rings is 1. The quantitative estimate of drug-likeness (QED) is 0.864. The van der Waals surface area contributed by atoms with Crippen LogP contribution < -0.4 is 10.1 Å². The molecular formula is C10H9N3O3S. The minimum atomic E-state index is -1.10. The maximum Gasteiger partial charge on any atom is 0.359 e. The second-order valence-electron chi connectivity index (χ2n) is 3.11. The normalized spacial score (nSPS) is 9.94. The third-order valence-corrected chi connectivity index (χ3v) is 2.68. The summed E-state index contributed by atoms with van der Waals surface area (Å²) in [6.07, 6.45) is 0. The van der Waals surface area contributed by atoms with Crippen LogP contribution in [0.1, 0.15) is 10.5 Å². The van der Waals surface area contributed by atoms with Gasteiger partial charge in [0.25, 0.3) is 0 Å². The van der Waals surface area contributed by atoms with Crippen LogP contribution in [0.5, 0.6) is 5.75 Å². The van der Waals surface area contributed by atoms with Gasteiger partial charge >= 0.3 is 5.97 Å². The van der Waals surface area contributed by atoms with E-state index in [-0.39, 0.29) is 5.69 Å². The van der Waals surface area contributed by atoms with Gasteiger partial charge in [-0.15, -0.1) is 5.10 Å². The lowest BCUT2D eigenvalue weighted by Crippen LogP contribution is -2.01. The molecule has 1 aromatic heterocycles. The Bertz CT molecular complexity index is 524. The first kappa shape index (κ1) is 11.3. The van der Waals surface area contributed by atoms with Crippen molar-refractivity contribution in [2.75, 3.05) is 12.4 Å². The van der Waals surface area contributed by atoms with E-state index in [4.69, 9.17) is 9.84 Å². The molecule has 6 nitrogen and oxygen atoms in total. The topological polar surface area (TPSA) is 84.3 Å². The smallest absolute Gasteiger partial charge is 0.359 e. The maximum atomic E-state index is 10.8. The molecule has 0 aliphatic rings. The highest BCUT2D eigenvalue weighted by molar-refractivity contribution is 7.10. The molecule has 0 radical (unpaired) electrons. The predicted molar refractivity (Wildman–Crippen MR) is 63.1 cm³/mol. The number of nitrogens with one attached hydrogen (secondary N) is 1. The largest absolute Gasteiger partial charge is 0.497 e. The molecule has 0 unspecified atom stereocenters. The second kappa shape index (κ2) is 4.79. The van der Waals surface area contributed by atoms with Crippen molar-refractivity contribution in [3.8, 4) is 5.75 Å². The molecule has 7 heteroatoms. The van der Waals surface area contributed by atoms with Crippen LogP contribution in [0, 0.1) is 0 Å². The second-order valence-corrected chi connectivity index (χ2v) is 3.86. The molecule has 2 rings (SSSR count). The number of carboxylic acid groups (broad SMARTS) is 1. The summed E-state index contributed by atoms with van der Waals surface area (Å²) >= 11 is 0.998. The van der Waals surface area contributed by atoms with Crippen molar-refractivity contribution in [2.24, 2.45) is 0 Å². The first-order valence-electron chi connectivity index (χ1n) is 4.67. The van der Waals surface area contributed by atoms with Gasteiger partial charge in [0.1, 0.15) is 10.8 Å². The highest BCUT2D eigenvalue weighted by Gasteiger charge is 2.15. The Labute approximate surface area is 101 Å². The van der Waals surface area contributed by atoms with Crippen LogP contribution in [0.4, 0.5) is 10.7 Å². The van der Waals surface area contributed by atoms with Crippen molar-refractivity contribution < 1.29 is 14.6 Å². The van der Waals surface area contributed by atoms with Gasteiger partial charge in [-0.3, -0.25) is 0 Å². The minimum Gasteiger partial charge on any atom is -0.497 e. The fraction of sp³-hybridized carbons (Fsp3) is 0.100. The van der Waals surface area contributed by atoms with Crippen LogP contribution in [-0.2, 0) is 0 Å². The summed E-state index contributed by atoms with van der Waals surface area (Å²) < 4.78 is 8.62. The van der Waals surface area contributed by atoms with Crippen molar-refractivity contribution >= 4 is 28.2 Å². The zero-order valence-corrected chi connectivity index (χ0v) is 9.69. The van der Waals surface area contributed by atoms with Crippen LogP contribution in [0.2, 0.25) is 0 Å². The van der Waals surface area contributed by atoms with Crippen molar-refractivity contribution in [3.63, 3.8) is 0 Å². The molecule has 0 amide bonds. The van der Waals surface area contributed by atoms with E-state index in [9.17, 15) is 4.79 Å². The summed E-state index contributed by atoms with van der Waals surface area (Å²) in [4.78, 5) is 10.8. The Hall–Kier alpha value is -2.15. The van der Waals surface area contributed by atoms with E-state index in [0.29, 0.717) is 5.00 Å². The number of aromatic nitrogens is 2. The fourth-order valence-electron chi connectivity index (χ4n) is 1.22. The number of carboxylic acids is 1. The van der Waals surface area contributed by atoms with Gasteiger partial charge in [-0.05, 0) is 24.3 Å². The number of aromatic carboxylic acids is 1. The number of methoxy groups -OCH3 is 1. The van der Waals surface area contributed by atoms with Gasteiger partial charge in [0.2, 0.25) is 5.69 Å². The lowest BCUT2D eigenvalue weighted by molar-refractivity contribution is 0.0691. The maximum absolute atomic E-state index is 10.8. The third kappa shape index (κ3) is 2.51. The summed E-state index contributed by atoms with van der Waals surface area (Å²) in [5.41, 5.74) is 0.671. The molecule has 0 aliphatic heterocycles. The highest BCUT2D eigenvalue weighted by Crippen LogP contribution is 2.24. The average molecular weight is 251 g/mol. The van der Waals surface area contributed by atoms with E-state index in [1.807, 2.05) is 0 Å². The van der Waals surface area contributed by atoms with E-state index >= 15 is 0 Å². The average Bonchev–Trinajstić information content (AvgIpc) is 2.78. The van der Waals surface area contributed by atoms with Gasteiger partial charge in [-0.25, -0.2) is 4.79 Å². The highest BCUT2D eigenvalue weighted by atomic mass is 32.1. The van der Waals surface area contributed by atoms with Gasteiger partial charge in [0, 0.05) is 17.2 Å². The predicted octanol–water partition coefficient (Wildman–Crippen LogP) is 1.99. The molecule has 17 heavy (non-hydrogen) atoms. The van der Waals surface area contributed by atoms with Crippen LogP contribution in [0.25, 0.3) is 0 Å². The molecule has 0 fully saturated rings. The zero-order valence-electron chi connectivity index (χ0n) is 8.88. The van der Waals surface area contributed by atoms with E-state index < -0.39 is 5.97 Å². The van der Waals surface area contributed by atoms with Crippen LogP contribution >= 0.6 is 11.5 Å². The Morgan fingerprint density at radius 1 is 1.41 bits per heavy atom. The van der Waals surface area contributed by atoms with Crippen LogP contribution in [0.15, 0.2) is 24.3 Å². The molecule has 1 heterocycles. The Morgan fingerprint density at radius 2 is 2.12 bits per heavy atom. The molecule has 0 aliphatic carbocycles. The Morgan fingerprint density at radius 3 is 2.71 bits per heavy atom. The molecule has 0 saturated heterocycles. The van der Waals surface area contributed by atoms with E-state index in [0.717, 1.165) is 23.0 Å². The van der Waals surface area contributed by atoms with Crippen molar-refractivity contribution in [1.29, 1.82) is 0 Å². The van der Waals surface area contributed by atoms with Gasteiger partial charge in [-0.1, -0.05) is 4.49 Å². The number of hydrogen-bond acceptors (Lipinski definition) is 6. The number of hydrogen-bond donors (Lipinski definition) is 2. The molecule has 2 N–H and O–H groups in total. The molecule has 0 bridgehead atoms. The molecular weight excluding hydrogens is 242 g/mol. The van der Waals surface area contributed by atoms with Gasteiger partial charge < -0.3 is 15.2 Å². The first-order chi connectivity index (χ1) is 8.20. The SMILES string of the molecule is COc1ccc(Nc2snnc2C(=O)O)cc1. The number of carbonyl (C=O) groups is 1. The summed E-state index contributed by atoms with van der Waals surface area (Å²) in [5.74, 6) is -0.369. The van der Waals surface area contributed by atoms with Crippen molar-refractivity contribution in [2.45, 2.75) is 0 Å². The van der Waals surface area contributed by atoms with Crippen LogP contribution in [-0.4, -0.2) is 27.8 Å². The Balaban J connectivity index is 2.19. The van der Waals surface area contributed by atoms with E-state index in [1.165, 1.54) is 0 Å². The minimum absolute atomic E-state index is 0.0779. The molecule has 0 spiro atoms. The van der Waals surface area contributed by atoms with Crippen LogP contribution in [0.3, 0.4) is 0 Å². The number of nitrogens with zero attached hydrogens (tertiary/aromatic N) is 2. The third-order valence-electron chi connectivity index (χ3n) is 2.04. The molecule has 0 atom stereocenters. The Kier molecular flexibility index (Phi) is 3.20. The standard InChI is InChI=1S/C10H9N3O3S/c1-16-7-4-2-6(3-5-7)11-9-8(10(14)15)12-13-17-9/h2-5,11H,1H3,(H,14,15). The van der Waals surface area contributed by atoms with Gasteiger partial charge in [0.05, 0.1) is 7.11 Å². The molecule has 88 valence electrons. The monoisotopic (exact) mass is 251 g/mol. The lowest BCUT2D eigenvalue weighted by Gasteiger charge is -2.04. The number of rotatable bonds is 4. The van der Waals surface area contributed by atoms with Crippen molar-refractivity contribution in [1.82, 2.24) is 9.59 Å². The van der Waals surface area contributed by atoms with Gasteiger partial charge in [-0.2, -0.15) is 0 Å². The van der Waals surface area contributed by atoms with E-state index in [1.54, 1.807) is 31.4 Å². The number of ether oxygens (including phenoxy) is 1. The molecule has 0 saturated carbocycles. The summed E-state index contributed by atoms with van der Waals surface area (Å²) in [5, 5.41) is 15.7. The molecule has 2 aromatic rings. The number of anilines is 2. The first-order valence-corrected chi connectivity index (χ1v) is 5.45.